The number of carbonyl (C=O) groups is 3. The van der Waals surface area contributed by atoms with Crippen LogP contribution in [0.3, 0.4) is 0 Å². The summed E-state index contributed by atoms with van der Waals surface area (Å²) in [6.07, 6.45) is -3.56. The largest absolute Gasteiger partial charge is 0.463 e. The molecule has 1 rings (SSSR count). The molecule has 0 spiro atoms. The minimum Gasteiger partial charge on any atom is -0.463 e. The van der Waals surface area contributed by atoms with Gasteiger partial charge in [0.05, 0.1) is 0 Å². The quantitative estimate of drug-likeness (QED) is 0.518. The van der Waals surface area contributed by atoms with Crippen LogP contribution in [0.15, 0.2) is 0 Å². The Morgan fingerprint density at radius 1 is 1.00 bits per heavy atom. The molecule has 0 bridgehead atoms. The van der Waals surface area contributed by atoms with E-state index in [2.05, 4.69) is 0 Å². The predicted octanol–water partition coefficient (Wildman–Crippen LogP) is -0.903. The van der Waals surface area contributed by atoms with Gasteiger partial charge in [0.15, 0.2) is 12.2 Å². The molecule has 1 aliphatic rings. The minimum absolute atomic E-state index is 0.140. The first-order valence-electron chi connectivity index (χ1n) is 5.70. The molecule has 8 nitrogen and oxygen atoms in total. The van der Waals surface area contributed by atoms with Crippen molar-refractivity contribution >= 4 is 17.9 Å². The maximum Gasteiger partial charge on any atom is 0.303 e. The highest BCUT2D eigenvalue weighted by atomic mass is 16.7. The maximum absolute atomic E-state index is 11.1. The molecule has 1 fully saturated rings. The van der Waals surface area contributed by atoms with Crippen molar-refractivity contribution in [3.05, 3.63) is 0 Å². The van der Waals surface area contributed by atoms with E-state index in [-0.39, 0.29) is 6.61 Å². The summed E-state index contributed by atoms with van der Waals surface area (Å²) in [5.41, 5.74) is 5.66. The molecule has 8 heteroatoms. The van der Waals surface area contributed by atoms with Gasteiger partial charge in [-0.2, -0.15) is 0 Å². The van der Waals surface area contributed by atoms with Crippen LogP contribution in [0.5, 0.6) is 0 Å². The summed E-state index contributed by atoms with van der Waals surface area (Å²) in [5, 5.41) is 0. The van der Waals surface area contributed by atoms with Crippen LogP contribution in [0.2, 0.25) is 0 Å². The van der Waals surface area contributed by atoms with Gasteiger partial charge in [-0.05, 0) is 0 Å². The number of carbonyl (C=O) groups excluding carboxylic acids is 3. The zero-order valence-corrected chi connectivity index (χ0v) is 11.0. The van der Waals surface area contributed by atoms with Gasteiger partial charge < -0.3 is 24.7 Å². The number of nitrogens with two attached hydrogens (primary N) is 1. The van der Waals surface area contributed by atoms with Crippen molar-refractivity contribution in [1.82, 2.24) is 0 Å². The maximum atomic E-state index is 11.1. The van der Waals surface area contributed by atoms with Crippen molar-refractivity contribution in [2.75, 3.05) is 6.61 Å². The third-order valence-corrected chi connectivity index (χ3v) is 2.40. The molecule has 0 aromatic rings. The molecule has 1 saturated heterocycles. The van der Waals surface area contributed by atoms with Crippen molar-refractivity contribution in [2.45, 2.75) is 45.3 Å². The Labute approximate surface area is 110 Å². The molecular formula is C11H17NO7. The zero-order chi connectivity index (χ0) is 14.6. The van der Waals surface area contributed by atoms with Crippen molar-refractivity contribution in [3.63, 3.8) is 0 Å². The van der Waals surface area contributed by atoms with Gasteiger partial charge in [-0.15, -0.1) is 0 Å². The summed E-state index contributed by atoms with van der Waals surface area (Å²) in [6.45, 7) is 3.51. The van der Waals surface area contributed by atoms with E-state index in [9.17, 15) is 14.4 Å². The molecule has 0 aliphatic carbocycles. The number of hydrogen-bond donors (Lipinski definition) is 1. The second-order valence-corrected chi connectivity index (χ2v) is 4.09. The molecule has 0 aromatic heterocycles. The third kappa shape index (κ3) is 4.49. The van der Waals surface area contributed by atoms with E-state index < -0.39 is 42.4 Å². The lowest BCUT2D eigenvalue weighted by Crippen LogP contribution is -2.43. The highest BCUT2D eigenvalue weighted by molar-refractivity contribution is 5.67. The molecule has 2 N–H and O–H groups in total. The van der Waals surface area contributed by atoms with Crippen LogP contribution in [0.1, 0.15) is 20.8 Å². The number of hydrogen-bond acceptors (Lipinski definition) is 8. The van der Waals surface area contributed by atoms with Gasteiger partial charge in [-0.25, -0.2) is 0 Å². The number of esters is 3. The van der Waals surface area contributed by atoms with Gasteiger partial charge in [-0.3, -0.25) is 14.4 Å². The van der Waals surface area contributed by atoms with Crippen LogP contribution in [0.25, 0.3) is 0 Å². The number of ether oxygens (including phenoxy) is 4. The van der Waals surface area contributed by atoms with Gasteiger partial charge in [0.2, 0.25) is 0 Å². The van der Waals surface area contributed by atoms with Gasteiger partial charge >= 0.3 is 17.9 Å². The summed E-state index contributed by atoms with van der Waals surface area (Å²) in [7, 11) is 0. The van der Waals surface area contributed by atoms with E-state index in [0.29, 0.717) is 0 Å². The van der Waals surface area contributed by atoms with Crippen molar-refractivity contribution < 1.29 is 33.3 Å². The first kappa shape index (κ1) is 15.4. The van der Waals surface area contributed by atoms with Gasteiger partial charge in [0.25, 0.3) is 0 Å². The van der Waals surface area contributed by atoms with Crippen molar-refractivity contribution in [1.29, 1.82) is 0 Å². The molecule has 0 aromatic carbocycles. The molecule has 1 aliphatic heterocycles. The fourth-order valence-electron chi connectivity index (χ4n) is 1.75. The molecular weight excluding hydrogens is 258 g/mol. The van der Waals surface area contributed by atoms with E-state index in [1.165, 1.54) is 20.8 Å². The second-order valence-electron chi connectivity index (χ2n) is 4.09. The molecule has 19 heavy (non-hydrogen) atoms. The lowest BCUT2D eigenvalue weighted by Gasteiger charge is -2.22. The first-order valence-corrected chi connectivity index (χ1v) is 5.70. The lowest BCUT2D eigenvalue weighted by atomic mass is 10.1. The normalized spacial score (nSPS) is 29.7. The monoisotopic (exact) mass is 275 g/mol. The highest BCUT2D eigenvalue weighted by Gasteiger charge is 2.48. The Kier molecular flexibility index (Phi) is 5.25. The topological polar surface area (TPSA) is 114 Å². The Bertz CT molecular complexity index is 370. The second kappa shape index (κ2) is 6.48. The fraction of sp³-hybridized carbons (Fsp3) is 0.727. The fourth-order valence-corrected chi connectivity index (χ4v) is 1.75. The molecule has 4 atom stereocenters. The van der Waals surface area contributed by atoms with Crippen molar-refractivity contribution in [3.8, 4) is 0 Å². The van der Waals surface area contributed by atoms with E-state index in [1.807, 2.05) is 0 Å². The molecule has 2 unspecified atom stereocenters. The summed E-state index contributed by atoms with van der Waals surface area (Å²) in [6, 6.07) is 0. The molecule has 0 saturated carbocycles. The van der Waals surface area contributed by atoms with E-state index in [1.54, 1.807) is 0 Å². The average Bonchev–Trinajstić information content (AvgIpc) is 2.53. The Morgan fingerprint density at radius 3 is 2.00 bits per heavy atom. The molecule has 0 amide bonds. The summed E-state index contributed by atoms with van der Waals surface area (Å²) >= 11 is 0. The standard InChI is InChI=1S/C11H17NO7/c1-5(13)16-4-8-9(17-6(2)14)10(11(12)19-8)18-7(3)15/h8-11H,4,12H2,1-3H3/t8-,9?,10?,11-/m1/s1. The van der Waals surface area contributed by atoms with Gasteiger partial charge in [0.1, 0.15) is 18.9 Å². The summed E-state index contributed by atoms with van der Waals surface area (Å²) in [4.78, 5) is 32.8. The molecule has 0 radical (unpaired) electrons. The predicted molar refractivity (Wildman–Crippen MR) is 60.6 cm³/mol. The first-order chi connectivity index (χ1) is 8.81. The SMILES string of the molecule is CC(=O)OC[C@H]1O[C@@H](N)C(OC(C)=O)C1OC(C)=O. The molecule has 108 valence electrons. The Hall–Kier alpha value is -1.67. The zero-order valence-electron chi connectivity index (χ0n) is 11.0. The lowest BCUT2D eigenvalue weighted by molar-refractivity contribution is -0.165. The highest BCUT2D eigenvalue weighted by Crippen LogP contribution is 2.25. The Morgan fingerprint density at radius 2 is 1.53 bits per heavy atom. The van der Waals surface area contributed by atoms with E-state index in [0.717, 1.165) is 0 Å². The minimum atomic E-state index is -0.950. The Balaban J connectivity index is 2.76. The van der Waals surface area contributed by atoms with Crippen LogP contribution in [0.4, 0.5) is 0 Å². The molecule has 1 heterocycles. The third-order valence-electron chi connectivity index (χ3n) is 2.40. The van der Waals surface area contributed by atoms with Crippen LogP contribution in [0, 0.1) is 0 Å². The van der Waals surface area contributed by atoms with E-state index >= 15 is 0 Å². The van der Waals surface area contributed by atoms with Gasteiger partial charge in [0, 0.05) is 20.8 Å². The van der Waals surface area contributed by atoms with Crippen molar-refractivity contribution in [2.24, 2.45) is 5.73 Å². The van der Waals surface area contributed by atoms with Crippen LogP contribution >= 0.6 is 0 Å². The average molecular weight is 275 g/mol. The van der Waals surface area contributed by atoms with Crippen LogP contribution in [-0.4, -0.2) is 49.1 Å². The summed E-state index contributed by atoms with van der Waals surface area (Å²) in [5.74, 6) is -1.66. The summed E-state index contributed by atoms with van der Waals surface area (Å²) < 4.78 is 20.1. The smallest absolute Gasteiger partial charge is 0.303 e. The van der Waals surface area contributed by atoms with Crippen LogP contribution in [-0.2, 0) is 33.3 Å². The number of rotatable bonds is 4. The van der Waals surface area contributed by atoms with Crippen LogP contribution < -0.4 is 5.73 Å². The van der Waals surface area contributed by atoms with E-state index in [4.69, 9.17) is 24.7 Å². The van der Waals surface area contributed by atoms with Gasteiger partial charge in [-0.1, -0.05) is 0 Å².